The van der Waals surface area contributed by atoms with Gasteiger partial charge in [-0.2, -0.15) is 0 Å². The van der Waals surface area contributed by atoms with Gasteiger partial charge in [-0.15, -0.1) is 0 Å². The molecule has 0 amide bonds. The zero-order chi connectivity index (χ0) is 32.6. The maximum atomic E-state index is 12.7. The third kappa shape index (κ3) is 4.94. The fraction of sp³-hybridized carbons (Fsp3) is 0.765. The van der Waals surface area contributed by atoms with E-state index >= 15 is 0 Å². The Kier molecular flexibility index (Phi) is 8.38. The number of aliphatic hydroxyl groups is 2. The number of ether oxygens (including phenoxy) is 3. The van der Waals surface area contributed by atoms with Gasteiger partial charge in [-0.05, 0) is 70.3 Å². The summed E-state index contributed by atoms with van der Waals surface area (Å²) in [6, 6.07) is 0. The van der Waals surface area contributed by atoms with Crippen molar-refractivity contribution in [2.45, 2.75) is 122 Å². The van der Waals surface area contributed by atoms with Gasteiger partial charge in [0.15, 0.2) is 10.9 Å². The van der Waals surface area contributed by atoms with Gasteiger partial charge in [-0.1, -0.05) is 44.2 Å². The molecule has 0 aromatic rings. The molecule has 11 atom stereocenters. The van der Waals surface area contributed by atoms with Crippen molar-refractivity contribution in [2.24, 2.45) is 34.5 Å². The molecule has 4 aliphatic carbocycles. The summed E-state index contributed by atoms with van der Waals surface area (Å²) >= 11 is 0.952. The number of carbonyl (C=O) groups excluding carboxylic acids is 4. The minimum Gasteiger partial charge on any atom is -0.462 e. The first-order valence-electron chi connectivity index (χ1n) is 15.8. The highest BCUT2D eigenvalue weighted by atomic mass is 32.2. The minimum atomic E-state index is -1.43. The molecule has 0 aromatic heterocycles. The number of allylic oxidation sites excluding steroid dienone is 3. The third-order valence-electron chi connectivity index (χ3n) is 12.4. The number of esters is 2. The Hall–Kier alpha value is -2.01. The summed E-state index contributed by atoms with van der Waals surface area (Å²) in [6.07, 6.45) is 7.81. The van der Waals surface area contributed by atoms with Crippen molar-refractivity contribution in [3.05, 3.63) is 23.8 Å². The lowest BCUT2D eigenvalue weighted by Crippen LogP contribution is -2.72. The molecular formula is C34H48O9S. The number of ketones is 1. The molecule has 1 aliphatic heterocycles. The van der Waals surface area contributed by atoms with Gasteiger partial charge < -0.3 is 24.4 Å². The standard InChI is InChI=1S/C34H48O9S/c1-18-25(17-33(7,30(3,4)40)43-27(38)16-28(39)44-8)42-34(18)26(37)15-23-29-22(10-12-32(23,34)6)31(5)11-9-21(36)13-20(31)14-24(29)41-19(2)35/h9,11,13,18,22-26,29,37,40H,10,12,14-17H2,1-8H3/t18-,22-,23+,24-,25-,26+,29+,31+,32+,33-,34-/m1/s1. The summed E-state index contributed by atoms with van der Waals surface area (Å²) in [5.41, 5.74) is -3.38. The number of hydrogen-bond donors (Lipinski definition) is 2. The first kappa shape index (κ1) is 33.4. The average Bonchev–Trinajstić information content (AvgIpc) is 3.15. The highest BCUT2D eigenvalue weighted by Crippen LogP contribution is 2.72. The lowest BCUT2D eigenvalue weighted by atomic mass is 9.45. The maximum absolute atomic E-state index is 12.7. The van der Waals surface area contributed by atoms with E-state index in [-0.39, 0.29) is 58.8 Å². The quantitative estimate of drug-likeness (QED) is 0.308. The summed E-state index contributed by atoms with van der Waals surface area (Å²) in [6.45, 7) is 12.7. The molecule has 4 fully saturated rings. The molecule has 1 saturated heterocycles. The van der Waals surface area contributed by atoms with Crippen molar-refractivity contribution in [2.75, 3.05) is 6.26 Å². The first-order valence-corrected chi connectivity index (χ1v) is 17.0. The van der Waals surface area contributed by atoms with Gasteiger partial charge in [0.25, 0.3) is 0 Å². The van der Waals surface area contributed by atoms with Crippen LogP contribution >= 0.6 is 11.8 Å². The number of carbonyl (C=O) groups is 4. The van der Waals surface area contributed by atoms with Crippen molar-refractivity contribution < 1.29 is 43.6 Å². The normalized spacial score (nSPS) is 42.3. The predicted molar refractivity (Wildman–Crippen MR) is 164 cm³/mol. The SMILES string of the molecule is CSC(=O)CC(=O)O[C@](C)(C[C@H]1O[C@]2([C@@H]1C)[C@@H](O)C[C@H]1[C@@H]3[C@@H](CC[C@@]12C)[C@@]1(C)C=CC(=O)C=C1C[C@H]3OC(C)=O)C(C)(C)O. The summed E-state index contributed by atoms with van der Waals surface area (Å²) in [7, 11) is 0. The van der Waals surface area contributed by atoms with Crippen LogP contribution in [0.15, 0.2) is 23.8 Å². The molecule has 9 nitrogen and oxygen atoms in total. The maximum Gasteiger partial charge on any atom is 0.314 e. The molecule has 0 unspecified atom stereocenters. The molecule has 5 aliphatic rings. The molecule has 44 heavy (non-hydrogen) atoms. The lowest BCUT2D eigenvalue weighted by molar-refractivity contribution is -0.344. The van der Waals surface area contributed by atoms with Gasteiger partial charge in [0, 0.05) is 42.4 Å². The van der Waals surface area contributed by atoms with E-state index in [1.807, 2.05) is 6.08 Å². The molecule has 0 radical (unpaired) electrons. The van der Waals surface area contributed by atoms with Crippen molar-refractivity contribution in [3.8, 4) is 0 Å². The van der Waals surface area contributed by atoms with E-state index in [0.717, 1.165) is 30.2 Å². The first-order chi connectivity index (χ1) is 20.3. The fourth-order valence-corrected chi connectivity index (χ4v) is 9.98. The van der Waals surface area contributed by atoms with Crippen molar-refractivity contribution >= 4 is 34.6 Å². The van der Waals surface area contributed by atoms with Crippen LogP contribution in [0.3, 0.4) is 0 Å². The van der Waals surface area contributed by atoms with Crippen LogP contribution in [0.1, 0.15) is 87.0 Å². The molecule has 244 valence electrons. The van der Waals surface area contributed by atoms with E-state index < -0.39 is 46.5 Å². The summed E-state index contributed by atoms with van der Waals surface area (Å²) in [4.78, 5) is 49.2. The molecule has 10 heteroatoms. The van der Waals surface area contributed by atoms with Crippen molar-refractivity contribution in [1.82, 2.24) is 0 Å². The van der Waals surface area contributed by atoms with Gasteiger partial charge in [-0.25, -0.2) is 0 Å². The number of fused-ring (bicyclic) bond motifs is 6. The van der Waals surface area contributed by atoms with Crippen LogP contribution in [0.5, 0.6) is 0 Å². The monoisotopic (exact) mass is 632 g/mol. The molecule has 3 saturated carbocycles. The van der Waals surface area contributed by atoms with Crippen LogP contribution in [0.25, 0.3) is 0 Å². The van der Waals surface area contributed by atoms with Crippen LogP contribution in [-0.4, -0.2) is 74.4 Å². The van der Waals surface area contributed by atoms with Crippen LogP contribution < -0.4 is 0 Å². The van der Waals surface area contributed by atoms with E-state index in [1.165, 1.54) is 6.92 Å². The van der Waals surface area contributed by atoms with Crippen LogP contribution in [-0.2, 0) is 33.4 Å². The largest absolute Gasteiger partial charge is 0.462 e. The van der Waals surface area contributed by atoms with E-state index in [9.17, 15) is 29.4 Å². The second-order valence-corrected chi connectivity index (χ2v) is 15.9. The average molecular weight is 633 g/mol. The molecular weight excluding hydrogens is 584 g/mol. The van der Waals surface area contributed by atoms with Gasteiger partial charge in [0.05, 0.1) is 17.8 Å². The highest BCUT2D eigenvalue weighted by molar-refractivity contribution is 8.13. The van der Waals surface area contributed by atoms with E-state index in [4.69, 9.17) is 14.2 Å². The smallest absolute Gasteiger partial charge is 0.314 e. The lowest BCUT2D eigenvalue weighted by Gasteiger charge is -2.66. The predicted octanol–water partition coefficient (Wildman–Crippen LogP) is 4.32. The summed E-state index contributed by atoms with van der Waals surface area (Å²) < 4.78 is 18.6. The number of aliphatic hydroxyl groups excluding tert-OH is 1. The Balaban J connectivity index is 1.42. The van der Waals surface area contributed by atoms with Gasteiger partial charge >= 0.3 is 11.9 Å². The van der Waals surface area contributed by atoms with Gasteiger partial charge in [-0.3, -0.25) is 19.2 Å². The third-order valence-corrected chi connectivity index (χ3v) is 13.0. The topological polar surface area (TPSA) is 136 Å². The van der Waals surface area contributed by atoms with Crippen LogP contribution in [0.4, 0.5) is 0 Å². The molecule has 1 spiro atoms. The fourth-order valence-electron chi connectivity index (χ4n) is 9.72. The highest BCUT2D eigenvalue weighted by Gasteiger charge is 2.76. The van der Waals surface area contributed by atoms with Crippen molar-refractivity contribution in [3.63, 3.8) is 0 Å². The van der Waals surface area contributed by atoms with Gasteiger partial charge in [0.1, 0.15) is 23.7 Å². The number of rotatable bonds is 7. The Morgan fingerprint density at radius 1 is 1.18 bits per heavy atom. The molecule has 0 bridgehead atoms. The molecule has 1 heterocycles. The summed E-state index contributed by atoms with van der Waals surface area (Å²) in [5, 5.41) is 22.6. The second kappa shape index (κ2) is 11.1. The van der Waals surface area contributed by atoms with Gasteiger partial charge in [0.2, 0.25) is 0 Å². The Bertz CT molecular complexity index is 1300. The molecule has 5 rings (SSSR count). The molecule has 0 aromatic carbocycles. The van der Waals surface area contributed by atoms with E-state index in [1.54, 1.807) is 39.2 Å². The zero-order valence-corrected chi connectivity index (χ0v) is 28.0. The number of thioether (sulfide) groups is 1. The number of hydrogen-bond acceptors (Lipinski definition) is 10. The second-order valence-electron chi connectivity index (χ2n) is 15.0. The van der Waals surface area contributed by atoms with Crippen LogP contribution in [0, 0.1) is 34.5 Å². The Morgan fingerprint density at radius 2 is 1.86 bits per heavy atom. The summed E-state index contributed by atoms with van der Waals surface area (Å²) in [5.74, 6) is -1.13. The van der Waals surface area contributed by atoms with E-state index in [0.29, 0.717) is 12.8 Å². The Labute approximate surface area is 264 Å². The molecule has 2 N–H and O–H groups in total. The van der Waals surface area contributed by atoms with E-state index in [2.05, 4.69) is 20.8 Å². The van der Waals surface area contributed by atoms with Crippen molar-refractivity contribution in [1.29, 1.82) is 0 Å². The zero-order valence-electron chi connectivity index (χ0n) is 27.2. The van der Waals surface area contributed by atoms with Crippen LogP contribution in [0.2, 0.25) is 0 Å². The minimum absolute atomic E-state index is 0.00412. The Morgan fingerprint density at radius 3 is 2.45 bits per heavy atom.